The van der Waals surface area contributed by atoms with E-state index in [1.807, 2.05) is 30.3 Å². The predicted molar refractivity (Wildman–Crippen MR) is 92.7 cm³/mol. The Labute approximate surface area is 136 Å². The van der Waals surface area contributed by atoms with Gasteiger partial charge in [0.2, 0.25) is 0 Å². The van der Waals surface area contributed by atoms with Crippen molar-refractivity contribution >= 4 is 12.0 Å². The van der Waals surface area contributed by atoms with Gasteiger partial charge in [-0.25, -0.2) is 4.79 Å². The van der Waals surface area contributed by atoms with E-state index in [1.165, 1.54) is 5.56 Å². The Kier molecular flexibility index (Phi) is 4.89. The summed E-state index contributed by atoms with van der Waals surface area (Å²) in [6.07, 6.45) is 5.34. The molecule has 0 amide bonds. The van der Waals surface area contributed by atoms with Gasteiger partial charge in [0.1, 0.15) is 0 Å². The maximum Gasteiger partial charge on any atom is 0.335 e. The van der Waals surface area contributed by atoms with Crippen molar-refractivity contribution in [1.82, 2.24) is 4.90 Å². The summed E-state index contributed by atoms with van der Waals surface area (Å²) in [6.45, 7) is 2.84. The Morgan fingerprint density at radius 2 is 1.87 bits per heavy atom. The van der Waals surface area contributed by atoms with Gasteiger partial charge >= 0.3 is 5.97 Å². The van der Waals surface area contributed by atoms with Gasteiger partial charge in [-0.1, -0.05) is 60.7 Å². The second-order valence-electron chi connectivity index (χ2n) is 5.95. The summed E-state index contributed by atoms with van der Waals surface area (Å²) >= 11 is 0. The molecule has 1 heterocycles. The smallest absolute Gasteiger partial charge is 0.335 e. The molecule has 0 aliphatic carbocycles. The van der Waals surface area contributed by atoms with Crippen molar-refractivity contribution in [2.75, 3.05) is 19.6 Å². The summed E-state index contributed by atoms with van der Waals surface area (Å²) in [5, 5.41) is 9.33. The highest BCUT2D eigenvalue weighted by molar-refractivity contribution is 5.89. The molecule has 1 fully saturated rings. The molecule has 0 bridgehead atoms. The lowest BCUT2D eigenvalue weighted by atomic mass is 9.93. The van der Waals surface area contributed by atoms with Gasteiger partial charge in [0, 0.05) is 13.1 Å². The average molecular weight is 307 g/mol. The summed E-state index contributed by atoms with van der Waals surface area (Å²) < 4.78 is 0. The van der Waals surface area contributed by atoms with Crippen LogP contribution in [0.15, 0.2) is 60.7 Å². The van der Waals surface area contributed by atoms with Crippen LogP contribution in [-0.2, 0) is 0 Å². The number of hydrogen-bond donors (Lipinski definition) is 1. The van der Waals surface area contributed by atoms with Gasteiger partial charge in [0.25, 0.3) is 0 Å². The molecule has 1 aliphatic rings. The minimum absolute atomic E-state index is 0.312. The first-order valence-electron chi connectivity index (χ1n) is 8.00. The van der Waals surface area contributed by atoms with Gasteiger partial charge < -0.3 is 5.11 Å². The van der Waals surface area contributed by atoms with E-state index in [0.717, 1.165) is 31.6 Å². The highest BCUT2D eigenvalue weighted by Gasteiger charge is 2.26. The molecule has 0 unspecified atom stereocenters. The third-order valence-corrected chi connectivity index (χ3v) is 4.38. The first-order chi connectivity index (χ1) is 11.2. The zero-order valence-corrected chi connectivity index (χ0v) is 13.1. The maximum atomic E-state index is 11.4. The zero-order chi connectivity index (χ0) is 16.1. The molecule has 0 saturated carbocycles. The fourth-order valence-electron chi connectivity index (χ4n) is 3.20. The lowest BCUT2D eigenvalue weighted by Gasteiger charge is -2.15. The van der Waals surface area contributed by atoms with Crippen LogP contribution >= 0.6 is 0 Å². The number of carboxylic acids is 1. The van der Waals surface area contributed by atoms with Crippen molar-refractivity contribution in [2.24, 2.45) is 0 Å². The maximum absolute atomic E-state index is 11.4. The van der Waals surface area contributed by atoms with Crippen LogP contribution in [-0.4, -0.2) is 35.6 Å². The number of aromatic carboxylic acids is 1. The van der Waals surface area contributed by atoms with Crippen LogP contribution in [0.5, 0.6) is 0 Å². The van der Waals surface area contributed by atoms with Gasteiger partial charge in [-0.2, -0.15) is 0 Å². The largest absolute Gasteiger partial charge is 0.478 e. The first kappa shape index (κ1) is 15.5. The molecule has 2 aromatic carbocycles. The number of rotatable bonds is 5. The van der Waals surface area contributed by atoms with E-state index < -0.39 is 5.97 Å². The molecule has 1 aliphatic heterocycles. The summed E-state index contributed by atoms with van der Waals surface area (Å²) in [6, 6.07) is 17.7. The average Bonchev–Trinajstić information content (AvgIpc) is 3.04. The molecular weight excluding hydrogens is 286 g/mol. The molecule has 0 radical (unpaired) electrons. The molecule has 0 spiro atoms. The van der Waals surface area contributed by atoms with Gasteiger partial charge in [-0.15, -0.1) is 0 Å². The Morgan fingerprint density at radius 3 is 2.65 bits per heavy atom. The van der Waals surface area contributed by atoms with Crippen LogP contribution < -0.4 is 0 Å². The normalized spacial score (nSPS) is 18.5. The molecule has 3 heteroatoms. The quantitative estimate of drug-likeness (QED) is 0.911. The van der Waals surface area contributed by atoms with E-state index >= 15 is 0 Å². The third kappa shape index (κ3) is 3.88. The second-order valence-corrected chi connectivity index (χ2v) is 5.95. The second kappa shape index (κ2) is 7.25. The standard InChI is InChI=1S/C20H21NO2/c22-20(23)19-11-5-4-10-18(19)17-12-14-21(15-17)13-6-9-16-7-2-1-3-8-16/h1-11,17H,12-15H2,(H,22,23)/b9-6+/t17-/m1/s1. The van der Waals surface area contributed by atoms with Crippen LogP contribution in [0.25, 0.3) is 6.08 Å². The van der Waals surface area contributed by atoms with E-state index in [2.05, 4.69) is 29.2 Å². The minimum atomic E-state index is -0.831. The number of hydrogen-bond acceptors (Lipinski definition) is 2. The molecule has 3 nitrogen and oxygen atoms in total. The third-order valence-electron chi connectivity index (χ3n) is 4.38. The lowest BCUT2D eigenvalue weighted by molar-refractivity contribution is 0.0695. The Balaban J connectivity index is 1.61. The Morgan fingerprint density at radius 1 is 1.13 bits per heavy atom. The monoisotopic (exact) mass is 307 g/mol. The van der Waals surface area contributed by atoms with E-state index in [4.69, 9.17) is 0 Å². The van der Waals surface area contributed by atoms with E-state index in [9.17, 15) is 9.90 Å². The summed E-state index contributed by atoms with van der Waals surface area (Å²) in [4.78, 5) is 13.7. The molecule has 1 saturated heterocycles. The van der Waals surface area contributed by atoms with Crippen LogP contribution in [0.3, 0.4) is 0 Å². The molecular formula is C20H21NO2. The fourth-order valence-corrected chi connectivity index (χ4v) is 3.20. The summed E-state index contributed by atoms with van der Waals surface area (Å²) in [5.41, 5.74) is 2.62. The van der Waals surface area contributed by atoms with Crippen LogP contribution in [0.2, 0.25) is 0 Å². The number of carbonyl (C=O) groups is 1. The van der Waals surface area contributed by atoms with Gasteiger partial charge in [0.05, 0.1) is 5.56 Å². The fraction of sp³-hybridized carbons (Fsp3) is 0.250. The number of carboxylic acid groups (broad SMARTS) is 1. The molecule has 23 heavy (non-hydrogen) atoms. The molecule has 0 aromatic heterocycles. The van der Waals surface area contributed by atoms with Crippen molar-refractivity contribution in [3.05, 3.63) is 77.4 Å². The van der Waals surface area contributed by atoms with Gasteiger partial charge in [0.15, 0.2) is 0 Å². The number of likely N-dealkylation sites (tertiary alicyclic amines) is 1. The van der Waals surface area contributed by atoms with Gasteiger partial charge in [-0.3, -0.25) is 4.90 Å². The van der Waals surface area contributed by atoms with Crippen molar-refractivity contribution in [3.8, 4) is 0 Å². The highest BCUT2D eigenvalue weighted by atomic mass is 16.4. The SMILES string of the molecule is O=C(O)c1ccccc1[C@@H]1CCN(C/C=C/c2ccccc2)C1. The Hall–Kier alpha value is -2.39. The molecule has 2 aromatic rings. The molecule has 1 atom stereocenters. The molecule has 3 rings (SSSR count). The van der Waals surface area contributed by atoms with Crippen molar-refractivity contribution in [3.63, 3.8) is 0 Å². The van der Waals surface area contributed by atoms with E-state index in [1.54, 1.807) is 12.1 Å². The predicted octanol–water partition coefficient (Wildman–Crippen LogP) is 3.89. The zero-order valence-electron chi connectivity index (χ0n) is 13.1. The van der Waals surface area contributed by atoms with Crippen molar-refractivity contribution in [2.45, 2.75) is 12.3 Å². The van der Waals surface area contributed by atoms with E-state index in [-0.39, 0.29) is 0 Å². The summed E-state index contributed by atoms with van der Waals surface area (Å²) in [5.74, 6) is -0.518. The van der Waals surface area contributed by atoms with Crippen LogP contribution in [0.1, 0.15) is 33.8 Å². The highest BCUT2D eigenvalue weighted by Crippen LogP contribution is 2.29. The Bertz CT molecular complexity index is 694. The topological polar surface area (TPSA) is 40.5 Å². The van der Waals surface area contributed by atoms with E-state index in [0.29, 0.717) is 11.5 Å². The first-order valence-corrected chi connectivity index (χ1v) is 8.00. The molecule has 1 N–H and O–H groups in total. The van der Waals surface area contributed by atoms with Crippen molar-refractivity contribution in [1.29, 1.82) is 0 Å². The lowest BCUT2D eigenvalue weighted by Crippen LogP contribution is -2.20. The van der Waals surface area contributed by atoms with Gasteiger partial charge in [-0.05, 0) is 36.1 Å². The minimum Gasteiger partial charge on any atom is -0.478 e. The van der Waals surface area contributed by atoms with Crippen molar-refractivity contribution < 1.29 is 9.90 Å². The van der Waals surface area contributed by atoms with Crippen LogP contribution in [0.4, 0.5) is 0 Å². The molecule has 118 valence electrons. The number of benzene rings is 2. The van der Waals surface area contributed by atoms with Crippen LogP contribution in [0, 0.1) is 0 Å². The number of nitrogens with zero attached hydrogens (tertiary/aromatic N) is 1. The summed E-state index contributed by atoms with van der Waals surface area (Å²) in [7, 11) is 0.